The summed E-state index contributed by atoms with van der Waals surface area (Å²) in [5, 5.41) is 11.6. The third-order valence-electron chi connectivity index (χ3n) is 3.21. The molecule has 1 amide bonds. The van der Waals surface area contributed by atoms with Gasteiger partial charge in [-0.15, -0.1) is 0 Å². The van der Waals surface area contributed by atoms with Crippen LogP contribution in [0.3, 0.4) is 0 Å². The van der Waals surface area contributed by atoms with Crippen molar-refractivity contribution >= 4 is 17.6 Å². The number of nitrogens with one attached hydrogen (secondary N) is 1. The summed E-state index contributed by atoms with van der Waals surface area (Å²) in [5.74, 6) is -1.18. The van der Waals surface area contributed by atoms with Crippen molar-refractivity contribution in [1.82, 2.24) is 4.57 Å². The lowest BCUT2D eigenvalue weighted by molar-refractivity contribution is -0.136. The first-order valence-electron chi connectivity index (χ1n) is 6.22. The second-order valence-electron chi connectivity index (χ2n) is 4.60. The Kier molecular flexibility index (Phi) is 3.89. The summed E-state index contributed by atoms with van der Waals surface area (Å²) in [4.78, 5) is 23.0. The van der Waals surface area contributed by atoms with E-state index in [0.29, 0.717) is 16.9 Å². The number of benzene rings is 1. The lowest BCUT2D eigenvalue weighted by Crippen LogP contribution is -2.17. The molecule has 0 spiro atoms. The van der Waals surface area contributed by atoms with Crippen LogP contribution in [-0.2, 0) is 18.3 Å². The molecule has 0 radical (unpaired) electrons. The van der Waals surface area contributed by atoms with Gasteiger partial charge in [0.25, 0.3) is 5.91 Å². The summed E-state index contributed by atoms with van der Waals surface area (Å²) in [6.07, 6.45) is -0.122. The normalized spacial score (nSPS) is 10.3. The highest BCUT2D eigenvalue weighted by atomic mass is 16.4. The molecule has 0 saturated heterocycles. The van der Waals surface area contributed by atoms with Gasteiger partial charge in [0.05, 0.1) is 6.42 Å². The lowest BCUT2D eigenvalue weighted by atomic mass is 10.1. The van der Waals surface area contributed by atoms with Crippen LogP contribution in [0, 0.1) is 6.92 Å². The minimum atomic E-state index is -0.929. The van der Waals surface area contributed by atoms with E-state index in [2.05, 4.69) is 5.32 Å². The first kappa shape index (κ1) is 13.9. The highest BCUT2D eigenvalue weighted by molar-refractivity contribution is 6.03. The molecule has 0 fully saturated rings. The van der Waals surface area contributed by atoms with Crippen LogP contribution in [0.5, 0.6) is 0 Å². The van der Waals surface area contributed by atoms with Gasteiger partial charge in [0, 0.05) is 18.4 Å². The average molecular weight is 272 g/mol. The van der Waals surface area contributed by atoms with Crippen LogP contribution in [0.25, 0.3) is 0 Å². The highest BCUT2D eigenvalue weighted by Gasteiger charge is 2.13. The molecule has 104 valence electrons. The molecule has 0 aliphatic rings. The molecule has 0 unspecified atom stereocenters. The van der Waals surface area contributed by atoms with Gasteiger partial charge in [-0.3, -0.25) is 9.59 Å². The van der Waals surface area contributed by atoms with Crippen molar-refractivity contribution in [3.8, 4) is 0 Å². The molecule has 20 heavy (non-hydrogen) atoms. The minimum absolute atomic E-state index is 0.122. The van der Waals surface area contributed by atoms with Gasteiger partial charge in [-0.25, -0.2) is 0 Å². The fourth-order valence-electron chi connectivity index (χ4n) is 1.99. The van der Waals surface area contributed by atoms with Gasteiger partial charge in [-0.2, -0.15) is 0 Å². The molecule has 5 heteroatoms. The van der Waals surface area contributed by atoms with Gasteiger partial charge in [-0.1, -0.05) is 18.2 Å². The maximum atomic E-state index is 12.2. The Hall–Kier alpha value is -2.56. The molecule has 0 aliphatic heterocycles. The maximum absolute atomic E-state index is 12.2. The fraction of sp³-hybridized carbons (Fsp3) is 0.200. The standard InChI is InChI=1S/C15H16N2O3/c1-10-7-8-13(17(10)2)15(20)16-12-6-4-3-5-11(12)9-14(18)19/h3-8H,9H2,1-2H3,(H,16,20)(H,18,19). The van der Waals surface area contributed by atoms with Crippen LogP contribution in [-0.4, -0.2) is 21.6 Å². The van der Waals surface area contributed by atoms with Crippen molar-refractivity contribution < 1.29 is 14.7 Å². The molecule has 5 nitrogen and oxygen atoms in total. The number of carboxylic acids is 1. The molecule has 0 atom stereocenters. The number of aryl methyl sites for hydroxylation is 1. The van der Waals surface area contributed by atoms with Gasteiger partial charge in [0.1, 0.15) is 5.69 Å². The van der Waals surface area contributed by atoms with Crippen LogP contribution >= 0.6 is 0 Å². The van der Waals surface area contributed by atoms with Crippen LogP contribution in [0.2, 0.25) is 0 Å². The molecule has 1 heterocycles. The number of hydrogen-bond acceptors (Lipinski definition) is 2. The second-order valence-corrected chi connectivity index (χ2v) is 4.60. The second kappa shape index (κ2) is 5.61. The number of nitrogens with zero attached hydrogens (tertiary/aromatic N) is 1. The Balaban J connectivity index is 2.24. The topological polar surface area (TPSA) is 71.3 Å². The van der Waals surface area contributed by atoms with E-state index in [9.17, 15) is 9.59 Å². The highest BCUT2D eigenvalue weighted by Crippen LogP contribution is 2.17. The van der Waals surface area contributed by atoms with E-state index in [-0.39, 0.29) is 12.3 Å². The van der Waals surface area contributed by atoms with E-state index in [4.69, 9.17) is 5.11 Å². The lowest BCUT2D eigenvalue weighted by Gasteiger charge is -2.10. The molecule has 0 saturated carbocycles. The van der Waals surface area contributed by atoms with Crippen LogP contribution in [0.4, 0.5) is 5.69 Å². The molecular weight excluding hydrogens is 256 g/mol. The van der Waals surface area contributed by atoms with Crippen LogP contribution in [0.15, 0.2) is 36.4 Å². The molecule has 0 bridgehead atoms. The van der Waals surface area contributed by atoms with Crippen molar-refractivity contribution in [1.29, 1.82) is 0 Å². The number of carbonyl (C=O) groups is 2. The Labute approximate surface area is 116 Å². The zero-order valence-electron chi connectivity index (χ0n) is 11.4. The van der Waals surface area contributed by atoms with Crippen molar-refractivity contribution in [2.24, 2.45) is 7.05 Å². The van der Waals surface area contributed by atoms with E-state index in [1.54, 1.807) is 34.9 Å². The quantitative estimate of drug-likeness (QED) is 0.896. The first-order valence-corrected chi connectivity index (χ1v) is 6.22. The Morgan fingerprint density at radius 1 is 1.20 bits per heavy atom. The van der Waals surface area contributed by atoms with E-state index in [0.717, 1.165) is 5.69 Å². The van der Waals surface area contributed by atoms with Gasteiger partial charge < -0.3 is 15.0 Å². The largest absolute Gasteiger partial charge is 0.481 e. The van der Waals surface area contributed by atoms with Gasteiger partial charge >= 0.3 is 5.97 Å². The third kappa shape index (κ3) is 2.88. The van der Waals surface area contributed by atoms with Crippen molar-refractivity contribution in [2.75, 3.05) is 5.32 Å². The summed E-state index contributed by atoms with van der Waals surface area (Å²) in [7, 11) is 1.81. The number of para-hydroxylation sites is 1. The smallest absolute Gasteiger partial charge is 0.307 e. The van der Waals surface area contributed by atoms with E-state index >= 15 is 0 Å². The van der Waals surface area contributed by atoms with E-state index < -0.39 is 5.97 Å². The van der Waals surface area contributed by atoms with Crippen molar-refractivity contribution in [3.63, 3.8) is 0 Å². The molecule has 0 aliphatic carbocycles. The maximum Gasteiger partial charge on any atom is 0.307 e. The third-order valence-corrected chi connectivity index (χ3v) is 3.21. The van der Waals surface area contributed by atoms with Crippen LogP contribution in [0.1, 0.15) is 21.7 Å². The summed E-state index contributed by atoms with van der Waals surface area (Å²) < 4.78 is 1.79. The average Bonchev–Trinajstić information content (AvgIpc) is 2.72. The van der Waals surface area contributed by atoms with Gasteiger partial charge in [0.2, 0.25) is 0 Å². The number of amides is 1. The van der Waals surface area contributed by atoms with Gasteiger partial charge in [-0.05, 0) is 30.7 Å². The number of hydrogen-bond donors (Lipinski definition) is 2. The predicted molar refractivity (Wildman–Crippen MR) is 75.9 cm³/mol. The number of carbonyl (C=O) groups excluding carboxylic acids is 1. The van der Waals surface area contributed by atoms with Crippen LogP contribution < -0.4 is 5.32 Å². The molecule has 2 rings (SSSR count). The zero-order chi connectivity index (χ0) is 14.7. The monoisotopic (exact) mass is 272 g/mol. The summed E-state index contributed by atoms with van der Waals surface area (Å²) in [5.41, 5.74) is 2.62. The van der Waals surface area contributed by atoms with Gasteiger partial charge in [0.15, 0.2) is 0 Å². The summed E-state index contributed by atoms with van der Waals surface area (Å²) in [6.45, 7) is 1.91. The number of aromatic nitrogens is 1. The first-order chi connectivity index (χ1) is 9.49. The summed E-state index contributed by atoms with van der Waals surface area (Å²) in [6, 6.07) is 10.5. The molecule has 2 N–H and O–H groups in total. The number of anilines is 1. The minimum Gasteiger partial charge on any atom is -0.481 e. The summed E-state index contributed by atoms with van der Waals surface area (Å²) >= 11 is 0. The van der Waals surface area contributed by atoms with Crippen molar-refractivity contribution in [3.05, 3.63) is 53.3 Å². The molecule has 2 aromatic rings. The Bertz CT molecular complexity index is 659. The molecule has 1 aromatic carbocycles. The number of carboxylic acid groups (broad SMARTS) is 1. The SMILES string of the molecule is Cc1ccc(C(=O)Nc2ccccc2CC(=O)O)n1C. The predicted octanol–water partition coefficient (Wildman–Crippen LogP) is 2.21. The fourth-order valence-corrected chi connectivity index (χ4v) is 1.99. The zero-order valence-corrected chi connectivity index (χ0v) is 11.4. The molecule has 1 aromatic heterocycles. The number of rotatable bonds is 4. The van der Waals surface area contributed by atoms with E-state index in [1.807, 2.05) is 20.0 Å². The van der Waals surface area contributed by atoms with Crippen molar-refractivity contribution in [2.45, 2.75) is 13.3 Å². The molecular formula is C15H16N2O3. The Morgan fingerprint density at radius 2 is 1.90 bits per heavy atom. The number of aliphatic carboxylic acids is 1. The Morgan fingerprint density at radius 3 is 2.50 bits per heavy atom. The van der Waals surface area contributed by atoms with E-state index in [1.165, 1.54) is 0 Å².